The van der Waals surface area contributed by atoms with Gasteiger partial charge in [0.15, 0.2) is 5.13 Å². The van der Waals surface area contributed by atoms with Crippen LogP contribution < -0.4 is 20.7 Å². The summed E-state index contributed by atoms with van der Waals surface area (Å²) in [5.74, 6) is 0.0518. The first-order valence-electron chi connectivity index (χ1n) is 9.97. The number of nitrogens with one attached hydrogen (secondary N) is 3. The molecule has 3 rings (SSSR count). The van der Waals surface area contributed by atoms with E-state index < -0.39 is 11.9 Å². The molecule has 7 nitrogen and oxygen atoms in total. The van der Waals surface area contributed by atoms with Gasteiger partial charge in [-0.2, -0.15) is 0 Å². The van der Waals surface area contributed by atoms with E-state index in [1.165, 1.54) is 11.3 Å². The molecule has 1 aromatic heterocycles. The zero-order valence-corrected chi connectivity index (χ0v) is 18.5. The Morgan fingerprint density at radius 2 is 1.74 bits per heavy atom. The van der Waals surface area contributed by atoms with Crippen LogP contribution in [0.2, 0.25) is 0 Å². The molecule has 2 amide bonds. The van der Waals surface area contributed by atoms with Crippen molar-refractivity contribution in [2.75, 3.05) is 12.4 Å². The zero-order chi connectivity index (χ0) is 22.2. The lowest BCUT2D eigenvalue weighted by molar-refractivity contribution is -0.123. The summed E-state index contributed by atoms with van der Waals surface area (Å²) < 4.78 is 5.33. The van der Waals surface area contributed by atoms with E-state index >= 15 is 0 Å². The van der Waals surface area contributed by atoms with Crippen molar-refractivity contribution in [1.82, 2.24) is 15.6 Å². The summed E-state index contributed by atoms with van der Waals surface area (Å²) in [5.41, 5.74) is 1.96. The van der Waals surface area contributed by atoms with Crippen LogP contribution in [0.1, 0.15) is 29.9 Å². The molecule has 1 heterocycles. The lowest BCUT2D eigenvalue weighted by Crippen LogP contribution is -2.49. The molecule has 0 fully saturated rings. The van der Waals surface area contributed by atoms with Crippen molar-refractivity contribution in [2.45, 2.75) is 32.4 Å². The Kier molecular flexibility index (Phi) is 7.61. The normalized spacial score (nSPS) is 11.6. The summed E-state index contributed by atoms with van der Waals surface area (Å²) in [7, 11) is 1.59. The molecule has 0 radical (unpaired) electrons. The predicted octanol–water partition coefficient (Wildman–Crippen LogP) is 3.76. The molecule has 0 saturated heterocycles. The van der Waals surface area contributed by atoms with Gasteiger partial charge in [0.25, 0.3) is 5.91 Å². The van der Waals surface area contributed by atoms with Crippen LogP contribution in [0.15, 0.2) is 60.0 Å². The van der Waals surface area contributed by atoms with Crippen LogP contribution in [-0.4, -0.2) is 36.0 Å². The third kappa shape index (κ3) is 6.29. The van der Waals surface area contributed by atoms with Crippen LogP contribution in [0.5, 0.6) is 5.75 Å². The number of para-hydroxylation sites is 2. The molecule has 162 valence electrons. The smallest absolute Gasteiger partial charge is 0.271 e. The van der Waals surface area contributed by atoms with Crippen molar-refractivity contribution >= 4 is 34.0 Å². The van der Waals surface area contributed by atoms with Gasteiger partial charge < -0.3 is 20.7 Å². The Morgan fingerprint density at radius 1 is 1.03 bits per heavy atom. The summed E-state index contributed by atoms with van der Waals surface area (Å²) in [5, 5.41) is 11.1. The largest absolute Gasteiger partial charge is 0.495 e. The molecule has 0 unspecified atom stereocenters. The summed E-state index contributed by atoms with van der Waals surface area (Å²) in [6, 6.07) is 16.3. The Morgan fingerprint density at radius 3 is 2.45 bits per heavy atom. The summed E-state index contributed by atoms with van der Waals surface area (Å²) >= 11 is 1.30. The number of rotatable bonds is 9. The quantitative estimate of drug-likeness (QED) is 0.473. The van der Waals surface area contributed by atoms with Gasteiger partial charge in [-0.15, -0.1) is 11.3 Å². The van der Waals surface area contributed by atoms with Crippen molar-refractivity contribution in [3.63, 3.8) is 0 Å². The monoisotopic (exact) mass is 438 g/mol. The Balaban J connectivity index is 1.71. The Bertz CT molecular complexity index is 1020. The number of amides is 2. The maximum Gasteiger partial charge on any atom is 0.271 e. The number of carbonyl (C=O) groups is 2. The molecule has 2 aromatic carbocycles. The SMILES string of the molecule is COc1ccccc1Nc1nc(C(=O)N[C@@H](Cc2ccccc2)C(=O)NC(C)C)cs1. The number of carbonyl (C=O) groups excluding carboxylic acids is 2. The number of aromatic nitrogens is 1. The average molecular weight is 439 g/mol. The minimum absolute atomic E-state index is 0.0291. The molecule has 0 spiro atoms. The summed E-state index contributed by atoms with van der Waals surface area (Å²) in [4.78, 5) is 29.9. The fraction of sp³-hybridized carbons (Fsp3) is 0.261. The van der Waals surface area contributed by atoms with E-state index in [4.69, 9.17) is 4.74 Å². The van der Waals surface area contributed by atoms with Gasteiger partial charge in [-0.1, -0.05) is 42.5 Å². The molecule has 31 heavy (non-hydrogen) atoms. The van der Waals surface area contributed by atoms with Crippen molar-refractivity contribution in [3.8, 4) is 5.75 Å². The first-order valence-corrected chi connectivity index (χ1v) is 10.8. The predicted molar refractivity (Wildman–Crippen MR) is 123 cm³/mol. The van der Waals surface area contributed by atoms with E-state index in [9.17, 15) is 9.59 Å². The lowest BCUT2D eigenvalue weighted by atomic mass is 10.0. The van der Waals surface area contributed by atoms with Gasteiger partial charge in [-0.3, -0.25) is 9.59 Å². The van der Waals surface area contributed by atoms with E-state index in [0.717, 1.165) is 11.3 Å². The molecule has 0 bridgehead atoms. The molecule has 0 aliphatic heterocycles. The zero-order valence-electron chi connectivity index (χ0n) is 17.7. The van der Waals surface area contributed by atoms with Crippen molar-refractivity contribution in [3.05, 3.63) is 71.2 Å². The van der Waals surface area contributed by atoms with Crippen LogP contribution in [0.25, 0.3) is 0 Å². The van der Waals surface area contributed by atoms with Gasteiger partial charge in [0, 0.05) is 17.8 Å². The Hall–Kier alpha value is -3.39. The van der Waals surface area contributed by atoms with E-state index in [1.54, 1.807) is 12.5 Å². The second-order valence-electron chi connectivity index (χ2n) is 7.24. The molecule has 3 N–H and O–H groups in total. The minimum atomic E-state index is -0.704. The van der Waals surface area contributed by atoms with E-state index in [0.29, 0.717) is 17.3 Å². The van der Waals surface area contributed by atoms with Crippen LogP contribution in [0.4, 0.5) is 10.8 Å². The molecule has 0 aliphatic rings. The van der Waals surface area contributed by atoms with E-state index in [2.05, 4.69) is 20.9 Å². The fourth-order valence-corrected chi connectivity index (χ4v) is 3.68. The maximum atomic E-state index is 12.8. The third-order valence-electron chi connectivity index (χ3n) is 4.42. The molecular weight excluding hydrogens is 412 g/mol. The lowest BCUT2D eigenvalue weighted by Gasteiger charge is -2.19. The number of hydrogen-bond donors (Lipinski definition) is 3. The number of benzene rings is 2. The molecule has 0 aliphatic carbocycles. The molecule has 1 atom stereocenters. The van der Waals surface area contributed by atoms with Crippen LogP contribution in [0, 0.1) is 0 Å². The van der Waals surface area contributed by atoms with Crippen LogP contribution in [-0.2, 0) is 11.2 Å². The highest BCUT2D eigenvalue weighted by atomic mass is 32.1. The highest BCUT2D eigenvalue weighted by molar-refractivity contribution is 7.14. The summed E-state index contributed by atoms with van der Waals surface area (Å²) in [6.07, 6.45) is 0.390. The van der Waals surface area contributed by atoms with Gasteiger partial charge in [0.05, 0.1) is 12.8 Å². The van der Waals surface area contributed by atoms with Gasteiger partial charge in [0.2, 0.25) is 5.91 Å². The third-order valence-corrected chi connectivity index (χ3v) is 5.18. The number of anilines is 2. The van der Waals surface area contributed by atoms with Crippen molar-refractivity contribution in [1.29, 1.82) is 0 Å². The van der Waals surface area contributed by atoms with Gasteiger partial charge in [-0.25, -0.2) is 4.98 Å². The number of hydrogen-bond acceptors (Lipinski definition) is 6. The average Bonchev–Trinajstić information content (AvgIpc) is 3.22. The fourth-order valence-electron chi connectivity index (χ4n) is 2.97. The first-order chi connectivity index (χ1) is 15.0. The number of methoxy groups -OCH3 is 1. The second-order valence-corrected chi connectivity index (χ2v) is 8.10. The minimum Gasteiger partial charge on any atom is -0.495 e. The van der Waals surface area contributed by atoms with Crippen LogP contribution >= 0.6 is 11.3 Å². The maximum absolute atomic E-state index is 12.8. The molecule has 8 heteroatoms. The molecule has 0 saturated carbocycles. The highest BCUT2D eigenvalue weighted by Gasteiger charge is 2.23. The van der Waals surface area contributed by atoms with Crippen molar-refractivity contribution in [2.24, 2.45) is 0 Å². The van der Waals surface area contributed by atoms with E-state index in [1.807, 2.05) is 68.4 Å². The van der Waals surface area contributed by atoms with Gasteiger partial charge in [-0.05, 0) is 31.5 Å². The van der Waals surface area contributed by atoms with Crippen molar-refractivity contribution < 1.29 is 14.3 Å². The standard InChI is InChI=1S/C23H26N4O3S/c1-15(2)24-21(28)18(13-16-9-5-4-6-10-16)25-22(29)19-14-31-23(27-19)26-17-11-7-8-12-20(17)30-3/h4-12,14-15,18H,13H2,1-3H3,(H,24,28)(H,25,29)(H,26,27)/t18-/m0/s1. The van der Waals surface area contributed by atoms with Gasteiger partial charge >= 0.3 is 0 Å². The van der Waals surface area contributed by atoms with E-state index in [-0.39, 0.29) is 17.6 Å². The number of nitrogens with zero attached hydrogens (tertiary/aromatic N) is 1. The second kappa shape index (κ2) is 10.6. The molecule has 3 aromatic rings. The van der Waals surface area contributed by atoms with Crippen LogP contribution in [0.3, 0.4) is 0 Å². The van der Waals surface area contributed by atoms with Gasteiger partial charge in [0.1, 0.15) is 17.5 Å². The molecular formula is C23H26N4O3S. The number of thiazole rings is 1. The topological polar surface area (TPSA) is 92.3 Å². The number of ether oxygens (including phenoxy) is 1. The highest BCUT2D eigenvalue weighted by Crippen LogP contribution is 2.28. The Labute approximate surface area is 185 Å². The first kappa shape index (κ1) is 22.3. The summed E-state index contributed by atoms with van der Waals surface area (Å²) in [6.45, 7) is 3.77.